The Morgan fingerprint density at radius 2 is 1.63 bits per heavy atom. The fourth-order valence-corrected chi connectivity index (χ4v) is 4.07. The second-order valence-electron chi connectivity index (χ2n) is 7.32. The normalized spacial score (nSPS) is 16.1. The predicted octanol–water partition coefficient (Wildman–Crippen LogP) is 2.70. The van der Waals surface area contributed by atoms with E-state index in [1.54, 1.807) is 29.6 Å². The van der Waals surface area contributed by atoms with Gasteiger partial charge < -0.3 is 4.90 Å². The maximum absolute atomic E-state index is 13.5. The summed E-state index contributed by atoms with van der Waals surface area (Å²) in [6.45, 7) is 0.755. The van der Waals surface area contributed by atoms with Gasteiger partial charge in [0.1, 0.15) is 0 Å². The molecule has 3 heterocycles. The van der Waals surface area contributed by atoms with Gasteiger partial charge in [-0.2, -0.15) is 30.0 Å². The van der Waals surface area contributed by atoms with E-state index in [4.69, 9.17) is 0 Å². The highest BCUT2D eigenvalue weighted by atomic mass is 16.2. The number of nitrogens with zero attached hydrogens (tertiary/aromatic N) is 7. The van der Waals surface area contributed by atoms with Crippen molar-refractivity contribution in [3.05, 3.63) is 84.4 Å². The summed E-state index contributed by atoms with van der Waals surface area (Å²) >= 11 is 0. The van der Waals surface area contributed by atoms with E-state index >= 15 is 0 Å². The van der Waals surface area contributed by atoms with Crippen LogP contribution in [0.4, 0.5) is 0 Å². The molecule has 1 amide bonds. The number of hydrogen-bond acceptors (Lipinski definition) is 5. The van der Waals surface area contributed by atoms with Gasteiger partial charge in [0.15, 0.2) is 0 Å². The van der Waals surface area contributed by atoms with E-state index in [9.17, 15) is 4.79 Å². The topological polar surface area (TPSA) is 81.7 Å². The minimum absolute atomic E-state index is 0.0234. The molecule has 1 fully saturated rings. The molecule has 8 nitrogen and oxygen atoms in total. The van der Waals surface area contributed by atoms with Crippen molar-refractivity contribution in [1.82, 2.24) is 34.9 Å². The van der Waals surface area contributed by atoms with Crippen LogP contribution in [0.3, 0.4) is 0 Å². The van der Waals surface area contributed by atoms with E-state index in [0.717, 1.165) is 37.1 Å². The zero-order chi connectivity index (χ0) is 20.3. The predicted molar refractivity (Wildman–Crippen MR) is 110 cm³/mol. The Morgan fingerprint density at radius 1 is 0.900 bits per heavy atom. The van der Waals surface area contributed by atoms with Gasteiger partial charge in [-0.25, -0.2) is 0 Å². The van der Waals surface area contributed by atoms with E-state index in [1.165, 1.54) is 4.80 Å². The van der Waals surface area contributed by atoms with Crippen molar-refractivity contribution in [2.45, 2.75) is 25.3 Å². The minimum atomic E-state index is 0.0234. The second-order valence-corrected chi connectivity index (χ2v) is 7.32. The second kappa shape index (κ2) is 7.90. The maximum Gasteiger partial charge on any atom is 0.256 e. The number of carbonyl (C=O) groups is 1. The summed E-state index contributed by atoms with van der Waals surface area (Å²) < 4.78 is 0. The van der Waals surface area contributed by atoms with Gasteiger partial charge in [-0.1, -0.05) is 24.3 Å². The number of benzene rings is 2. The first-order valence-electron chi connectivity index (χ1n) is 10.0. The lowest BCUT2D eigenvalue weighted by Gasteiger charge is -2.26. The molecule has 0 aliphatic carbocycles. The quantitative estimate of drug-likeness (QED) is 0.515. The van der Waals surface area contributed by atoms with Gasteiger partial charge in [-0.05, 0) is 49.1 Å². The molecule has 0 saturated carbocycles. The van der Waals surface area contributed by atoms with Gasteiger partial charge >= 0.3 is 0 Å². The lowest BCUT2D eigenvalue weighted by Crippen LogP contribution is -2.37. The van der Waals surface area contributed by atoms with Crippen LogP contribution in [0.15, 0.2) is 73.3 Å². The number of rotatable bonds is 5. The maximum atomic E-state index is 13.5. The average Bonchev–Trinajstić information content (AvgIpc) is 3.56. The van der Waals surface area contributed by atoms with Crippen LogP contribution < -0.4 is 0 Å². The summed E-state index contributed by atoms with van der Waals surface area (Å²) in [6.07, 6.45) is 9.33. The van der Waals surface area contributed by atoms with Crippen molar-refractivity contribution in [3.8, 4) is 11.4 Å². The van der Waals surface area contributed by atoms with Crippen LogP contribution in [0.1, 0.15) is 28.8 Å². The largest absolute Gasteiger partial charge is 0.335 e. The molecule has 1 atom stereocenters. The Bertz CT molecular complexity index is 1140. The molecule has 1 aliphatic heterocycles. The molecule has 0 spiro atoms. The summed E-state index contributed by atoms with van der Waals surface area (Å²) in [7, 11) is 0. The summed E-state index contributed by atoms with van der Waals surface area (Å²) in [4.78, 5) is 18.5. The Morgan fingerprint density at radius 3 is 2.43 bits per heavy atom. The third-order valence-corrected chi connectivity index (χ3v) is 5.44. The van der Waals surface area contributed by atoms with E-state index in [2.05, 4.69) is 32.5 Å². The Labute approximate surface area is 173 Å². The molecule has 150 valence electrons. The van der Waals surface area contributed by atoms with Crippen LogP contribution in [0.25, 0.3) is 11.4 Å². The third kappa shape index (κ3) is 3.47. The van der Waals surface area contributed by atoms with Crippen molar-refractivity contribution in [1.29, 1.82) is 0 Å². The molecule has 0 N–H and O–H groups in total. The van der Waals surface area contributed by atoms with Gasteiger partial charge in [-0.3, -0.25) is 4.79 Å². The molecular formula is C22H21N7O. The van der Waals surface area contributed by atoms with Crippen molar-refractivity contribution in [2.75, 3.05) is 6.54 Å². The summed E-state index contributed by atoms with van der Waals surface area (Å²) in [5.41, 5.74) is 3.40. The third-order valence-electron chi connectivity index (χ3n) is 5.44. The molecule has 1 saturated heterocycles. The van der Waals surface area contributed by atoms with Gasteiger partial charge in [0, 0.05) is 12.6 Å². The van der Waals surface area contributed by atoms with E-state index < -0.39 is 0 Å². The highest BCUT2D eigenvalue weighted by Gasteiger charge is 2.31. The number of likely N-dealkylation sites (tertiary alicyclic amines) is 1. The fourth-order valence-electron chi connectivity index (χ4n) is 4.07. The molecule has 8 heteroatoms. The van der Waals surface area contributed by atoms with Gasteiger partial charge in [0.2, 0.25) is 0 Å². The highest BCUT2D eigenvalue weighted by Crippen LogP contribution is 2.26. The molecule has 30 heavy (non-hydrogen) atoms. The standard InChI is InChI=1S/C22H21N7O/c30-22(20-8-1-2-9-21(20)29-25-12-13-26-29)27-14-4-7-18(27)15-17-5-3-6-19(16-17)28-23-10-11-24-28/h1-3,5-6,8-13,16,18H,4,7,14-15H2. The first-order chi connectivity index (χ1) is 14.8. The molecular weight excluding hydrogens is 378 g/mol. The molecule has 0 radical (unpaired) electrons. The minimum Gasteiger partial charge on any atom is -0.335 e. The SMILES string of the molecule is O=C(c1ccccc1-n1nccn1)N1CCCC1Cc1cccc(-n2nccn2)c1. The molecule has 2 aromatic heterocycles. The smallest absolute Gasteiger partial charge is 0.256 e. The Balaban J connectivity index is 1.39. The first kappa shape index (κ1) is 18.2. The summed E-state index contributed by atoms with van der Waals surface area (Å²) in [5, 5.41) is 16.8. The van der Waals surface area contributed by atoms with Crippen LogP contribution in [0.2, 0.25) is 0 Å². The van der Waals surface area contributed by atoms with Gasteiger partial charge in [0.05, 0.1) is 41.7 Å². The first-order valence-corrected chi connectivity index (χ1v) is 10.0. The number of para-hydroxylation sites is 1. The fraction of sp³-hybridized carbons (Fsp3) is 0.227. The monoisotopic (exact) mass is 399 g/mol. The number of amides is 1. The average molecular weight is 399 g/mol. The van der Waals surface area contributed by atoms with Crippen molar-refractivity contribution in [2.24, 2.45) is 0 Å². The molecule has 0 bridgehead atoms. The zero-order valence-corrected chi connectivity index (χ0v) is 16.4. The van der Waals surface area contributed by atoms with Crippen LogP contribution in [0, 0.1) is 0 Å². The van der Waals surface area contributed by atoms with Gasteiger partial charge in [0.25, 0.3) is 5.91 Å². The van der Waals surface area contributed by atoms with Gasteiger partial charge in [-0.15, -0.1) is 0 Å². The van der Waals surface area contributed by atoms with E-state index in [-0.39, 0.29) is 11.9 Å². The van der Waals surface area contributed by atoms with Crippen LogP contribution in [-0.4, -0.2) is 53.4 Å². The molecule has 1 aliphatic rings. The van der Waals surface area contributed by atoms with Crippen molar-refractivity contribution >= 4 is 5.91 Å². The van der Waals surface area contributed by atoms with Crippen molar-refractivity contribution < 1.29 is 4.79 Å². The number of carbonyl (C=O) groups excluding carboxylic acids is 1. The van der Waals surface area contributed by atoms with Crippen LogP contribution in [-0.2, 0) is 6.42 Å². The lowest BCUT2D eigenvalue weighted by atomic mass is 10.0. The molecule has 4 aromatic rings. The molecule has 1 unspecified atom stereocenters. The van der Waals surface area contributed by atoms with E-state index in [0.29, 0.717) is 11.3 Å². The van der Waals surface area contributed by atoms with Crippen LogP contribution in [0.5, 0.6) is 0 Å². The van der Waals surface area contributed by atoms with Crippen LogP contribution >= 0.6 is 0 Å². The molecule has 5 rings (SSSR count). The molecule has 2 aromatic carbocycles. The number of hydrogen-bond donors (Lipinski definition) is 0. The summed E-state index contributed by atoms with van der Waals surface area (Å²) in [6, 6.07) is 15.8. The highest BCUT2D eigenvalue weighted by molar-refractivity contribution is 5.98. The van der Waals surface area contributed by atoms with Crippen molar-refractivity contribution in [3.63, 3.8) is 0 Å². The zero-order valence-electron chi connectivity index (χ0n) is 16.4. The van der Waals surface area contributed by atoms with E-state index in [1.807, 2.05) is 41.3 Å². The summed E-state index contributed by atoms with van der Waals surface area (Å²) in [5.74, 6) is 0.0234. The number of aromatic nitrogens is 6. The Kier molecular flexibility index (Phi) is 4.80. The Hall–Kier alpha value is -3.81. The lowest BCUT2D eigenvalue weighted by molar-refractivity contribution is 0.0736.